The van der Waals surface area contributed by atoms with Crippen LogP contribution >= 0.6 is 0 Å². The van der Waals surface area contributed by atoms with Gasteiger partial charge in [0.1, 0.15) is 11.6 Å². The molecule has 1 amide bonds. The number of nitrogens with one attached hydrogen (secondary N) is 1. The molecule has 2 aliphatic carbocycles. The summed E-state index contributed by atoms with van der Waals surface area (Å²) >= 11 is 0. The number of aromatic nitrogens is 4. The van der Waals surface area contributed by atoms with E-state index < -0.39 is 23.3 Å². The molecule has 0 spiro atoms. The zero-order valence-electron chi connectivity index (χ0n) is 26.0. The van der Waals surface area contributed by atoms with Gasteiger partial charge in [-0.05, 0) is 79.0 Å². The van der Waals surface area contributed by atoms with Crippen LogP contribution in [0.15, 0.2) is 48.9 Å². The minimum absolute atomic E-state index is 0.0921. The Labute approximate surface area is 260 Å². The molecule has 45 heavy (non-hydrogen) atoms. The molecule has 12 heteroatoms. The number of amides is 1. The van der Waals surface area contributed by atoms with Gasteiger partial charge < -0.3 is 25.4 Å². The highest BCUT2D eigenvalue weighted by molar-refractivity contribution is 5.68. The Morgan fingerprint density at radius 3 is 2.51 bits per heavy atom. The topological polar surface area (TPSA) is 120 Å². The molecule has 2 saturated carbocycles. The van der Waals surface area contributed by atoms with Crippen LogP contribution in [0.5, 0.6) is 0 Å². The van der Waals surface area contributed by atoms with E-state index in [1.807, 2.05) is 6.07 Å². The zero-order valence-corrected chi connectivity index (χ0v) is 26.0. The molecule has 4 aromatic rings. The predicted molar refractivity (Wildman–Crippen MR) is 166 cm³/mol. The molecule has 0 radical (unpaired) electrons. The summed E-state index contributed by atoms with van der Waals surface area (Å²) in [6.45, 7) is 2.09. The van der Waals surface area contributed by atoms with Crippen molar-refractivity contribution in [2.24, 2.45) is 11.7 Å². The van der Waals surface area contributed by atoms with E-state index >= 15 is 8.78 Å². The molecule has 3 aromatic heterocycles. The summed E-state index contributed by atoms with van der Waals surface area (Å²) in [6.07, 6.45) is 9.48. The SMILES string of the molecule is COC(=O)N(C)[C@@H]1[C@H](N)C[C@H](c2ccncc2Nc2ncc3ccc(-c4c(F)cc(C5(OC)CCCC5)cc4F)nn23)C[C@@H]1C. The molecule has 3 heterocycles. The van der Waals surface area contributed by atoms with Crippen LogP contribution < -0.4 is 11.1 Å². The van der Waals surface area contributed by atoms with Gasteiger partial charge in [0.25, 0.3) is 0 Å². The summed E-state index contributed by atoms with van der Waals surface area (Å²) in [6, 6.07) is 7.60. The summed E-state index contributed by atoms with van der Waals surface area (Å²) in [4.78, 5) is 22.6. The first-order chi connectivity index (χ1) is 21.7. The number of benzene rings is 1. The summed E-state index contributed by atoms with van der Waals surface area (Å²) in [7, 11) is 4.67. The van der Waals surface area contributed by atoms with Crippen LogP contribution in [-0.2, 0) is 15.1 Å². The Hall–Kier alpha value is -4.16. The maximum atomic E-state index is 15.6. The highest BCUT2D eigenvalue weighted by atomic mass is 19.1. The molecule has 0 unspecified atom stereocenters. The number of ether oxygens (including phenoxy) is 2. The fraction of sp³-hybridized carbons (Fsp3) is 0.455. The third kappa shape index (κ3) is 5.61. The van der Waals surface area contributed by atoms with Gasteiger partial charge in [0.2, 0.25) is 5.95 Å². The first-order valence-corrected chi connectivity index (χ1v) is 15.3. The van der Waals surface area contributed by atoms with E-state index in [1.165, 1.54) is 23.8 Å². The van der Waals surface area contributed by atoms with Crippen LogP contribution in [0, 0.1) is 17.6 Å². The standard InChI is InChI=1S/C33H39F2N7O3/c1-19-13-20(14-26(36)30(19)41(2)32(43)44-3)23-9-12-37-18-28(23)39-31-38-17-22-7-8-27(40-42(22)31)29-24(34)15-21(16-25(29)35)33(45-4)10-5-6-11-33/h7-9,12,15-20,26,30H,5-6,10-11,13-14,36H2,1-4H3,(H,38,39)/t19-,20+,26+,30-/m0/s1. The second-order valence-corrected chi connectivity index (χ2v) is 12.3. The summed E-state index contributed by atoms with van der Waals surface area (Å²) in [5.41, 5.74) is 8.79. The van der Waals surface area contributed by atoms with Gasteiger partial charge in [0.15, 0.2) is 0 Å². The Bertz CT molecular complexity index is 1670. The molecular formula is C33H39F2N7O3. The van der Waals surface area contributed by atoms with Crippen molar-refractivity contribution >= 4 is 23.2 Å². The smallest absolute Gasteiger partial charge is 0.409 e. The molecule has 10 nitrogen and oxygen atoms in total. The average molecular weight is 620 g/mol. The molecule has 2 aliphatic rings. The van der Waals surface area contributed by atoms with Crippen molar-refractivity contribution in [1.82, 2.24) is 24.5 Å². The maximum absolute atomic E-state index is 15.6. The molecule has 0 bridgehead atoms. The number of likely N-dealkylation sites (N-methyl/N-ethyl adjacent to an activating group) is 1. The number of rotatable bonds is 7. The number of nitrogens with two attached hydrogens (primary N) is 1. The lowest BCUT2D eigenvalue weighted by Gasteiger charge is -2.43. The number of hydrogen-bond donors (Lipinski definition) is 2. The second kappa shape index (κ2) is 12.3. The van der Waals surface area contributed by atoms with E-state index in [1.54, 1.807) is 49.8 Å². The fourth-order valence-corrected chi connectivity index (χ4v) is 7.49. The number of anilines is 2. The predicted octanol–water partition coefficient (Wildman–Crippen LogP) is 6.14. The minimum Gasteiger partial charge on any atom is -0.453 e. The first kappa shape index (κ1) is 30.8. The summed E-state index contributed by atoms with van der Waals surface area (Å²) in [5.74, 6) is -0.802. The maximum Gasteiger partial charge on any atom is 0.409 e. The van der Waals surface area contributed by atoms with Crippen LogP contribution in [0.1, 0.15) is 62.5 Å². The van der Waals surface area contributed by atoms with Crippen molar-refractivity contribution in [3.8, 4) is 11.3 Å². The normalized spacial score (nSPS) is 22.8. The molecule has 6 rings (SSSR count). The third-order valence-corrected chi connectivity index (χ3v) is 9.70. The zero-order chi connectivity index (χ0) is 31.9. The van der Waals surface area contributed by atoms with E-state index in [0.29, 0.717) is 23.4 Å². The van der Waals surface area contributed by atoms with Crippen molar-refractivity contribution in [3.05, 3.63) is 71.7 Å². The third-order valence-electron chi connectivity index (χ3n) is 9.70. The number of methoxy groups -OCH3 is 2. The highest BCUT2D eigenvalue weighted by Gasteiger charge is 2.39. The molecule has 2 fully saturated rings. The second-order valence-electron chi connectivity index (χ2n) is 12.3. The number of imidazole rings is 1. The summed E-state index contributed by atoms with van der Waals surface area (Å²) < 4.78 is 43.3. The molecular weight excluding hydrogens is 580 g/mol. The Morgan fingerprint density at radius 1 is 1.11 bits per heavy atom. The lowest BCUT2D eigenvalue weighted by molar-refractivity contribution is -0.00915. The molecule has 0 saturated heterocycles. The van der Waals surface area contributed by atoms with Crippen LogP contribution in [-0.4, -0.2) is 63.9 Å². The van der Waals surface area contributed by atoms with Crippen molar-refractivity contribution in [2.75, 3.05) is 26.6 Å². The van der Waals surface area contributed by atoms with Crippen LogP contribution in [0.3, 0.4) is 0 Å². The van der Waals surface area contributed by atoms with Gasteiger partial charge in [-0.25, -0.2) is 18.6 Å². The van der Waals surface area contributed by atoms with E-state index in [0.717, 1.165) is 43.4 Å². The van der Waals surface area contributed by atoms with Crippen LogP contribution in [0.25, 0.3) is 16.8 Å². The van der Waals surface area contributed by atoms with Gasteiger partial charge in [-0.1, -0.05) is 19.8 Å². The van der Waals surface area contributed by atoms with Gasteiger partial charge in [-0.2, -0.15) is 9.61 Å². The van der Waals surface area contributed by atoms with Crippen LogP contribution in [0.2, 0.25) is 0 Å². The Kier molecular flexibility index (Phi) is 8.45. The molecule has 1 aromatic carbocycles. The van der Waals surface area contributed by atoms with Gasteiger partial charge in [0.05, 0.1) is 53.6 Å². The monoisotopic (exact) mass is 619 g/mol. The number of halogens is 2. The highest BCUT2D eigenvalue weighted by Crippen LogP contribution is 2.44. The number of carbonyl (C=O) groups is 1. The van der Waals surface area contributed by atoms with E-state index in [4.69, 9.17) is 15.2 Å². The van der Waals surface area contributed by atoms with Crippen molar-refractivity contribution in [2.45, 2.75) is 69.1 Å². The van der Waals surface area contributed by atoms with Crippen LogP contribution in [0.4, 0.5) is 25.2 Å². The molecule has 4 atom stereocenters. The Morgan fingerprint density at radius 2 is 1.84 bits per heavy atom. The summed E-state index contributed by atoms with van der Waals surface area (Å²) in [5, 5.41) is 7.95. The van der Waals surface area contributed by atoms with E-state index in [2.05, 4.69) is 27.3 Å². The number of hydrogen-bond acceptors (Lipinski definition) is 8. The Balaban J connectivity index is 1.29. The largest absolute Gasteiger partial charge is 0.453 e. The molecule has 238 valence electrons. The van der Waals surface area contributed by atoms with Crippen molar-refractivity contribution < 1.29 is 23.0 Å². The van der Waals surface area contributed by atoms with Crippen molar-refractivity contribution in [3.63, 3.8) is 0 Å². The number of pyridine rings is 1. The van der Waals surface area contributed by atoms with Gasteiger partial charge in [-0.15, -0.1) is 0 Å². The fourth-order valence-electron chi connectivity index (χ4n) is 7.49. The van der Waals surface area contributed by atoms with Gasteiger partial charge in [-0.3, -0.25) is 4.98 Å². The van der Waals surface area contributed by atoms with E-state index in [-0.39, 0.29) is 35.2 Å². The number of nitrogens with zero attached hydrogens (tertiary/aromatic N) is 5. The molecule has 3 N–H and O–H groups in total. The van der Waals surface area contributed by atoms with Gasteiger partial charge >= 0.3 is 6.09 Å². The number of fused-ring (bicyclic) bond motifs is 1. The quantitative estimate of drug-likeness (QED) is 0.253. The van der Waals surface area contributed by atoms with E-state index in [9.17, 15) is 4.79 Å². The lowest BCUT2D eigenvalue weighted by atomic mass is 9.73. The number of carbonyl (C=O) groups excluding carboxylic acids is 1. The minimum atomic E-state index is -0.691. The first-order valence-electron chi connectivity index (χ1n) is 15.3. The van der Waals surface area contributed by atoms with Gasteiger partial charge in [0, 0.05) is 26.4 Å². The average Bonchev–Trinajstić information content (AvgIpc) is 3.68. The molecule has 0 aliphatic heterocycles. The van der Waals surface area contributed by atoms with Crippen molar-refractivity contribution in [1.29, 1.82) is 0 Å². The lowest BCUT2D eigenvalue weighted by Crippen LogP contribution is -2.55.